The lowest BCUT2D eigenvalue weighted by Gasteiger charge is -2.11. The maximum Gasteiger partial charge on any atom is 0.338 e. The number of aryl methyl sites for hydroxylation is 3. The normalized spacial score (nSPS) is 10.5. The average Bonchev–Trinajstić information content (AvgIpc) is 3.05. The molecule has 2 aromatic carbocycles. The molecule has 0 atom stereocenters. The second-order valence-electron chi connectivity index (χ2n) is 6.63. The van der Waals surface area contributed by atoms with Crippen molar-refractivity contribution in [3.05, 3.63) is 83.2 Å². The molecule has 144 valence electrons. The van der Waals surface area contributed by atoms with Crippen molar-refractivity contribution in [1.82, 2.24) is 4.57 Å². The van der Waals surface area contributed by atoms with Gasteiger partial charge in [0.2, 0.25) is 0 Å². The Balaban J connectivity index is 1.60. The summed E-state index contributed by atoms with van der Waals surface area (Å²) in [5.74, 6) is -0.879. The zero-order valence-corrected chi connectivity index (χ0v) is 16.4. The van der Waals surface area contributed by atoms with E-state index in [-0.39, 0.29) is 12.5 Å². The molecule has 5 nitrogen and oxygen atoms in total. The minimum absolute atomic E-state index is 0.325. The second kappa shape index (κ2) is 8.57. The van der Waals surface area contributed by atoms with Gasteiger partial charge >= 0.3 is 5.97 Å². The van der Waals surface area contributed by atoms with Crippen LogP contribution in [0.1, 0.15) is 34.2 Å². The number of hydrogen-bond donors (Lipinski definition) is 1. The van der Waals surface area contributed by atoms with Gasteiger partial charge in [-0.2, -0.15) is 0 Å². The first-order valence-electron chi connectivity index (χ1n) is 9.30. The highest BCUT2D eigenvalue weighted by Crippen LogP contribution is 2.18. The lowest BCUT2D eigenvalue weighted by molar-refractivity contribution is -0.119. The van der Waals surface area contributed by atoms with E-state index in [0.717, 1.165) is 34.7 Å². The summed E-state index contributed by atoms with van der Waals surface area (Å²) in [6, 6.07) is 18.8. The molecule has 3 rings (SSSR count). The molecule has 0 saturated carbocycles. The van der Waals surface area contributed by atoms with E-state index in [0.29, 0.717) is 5.56 Å². The van der Waals surface area contributed by atoms with Crippen LogP contribution >= 0.6 is 0 Å². The molecule has 3 aromatic rings. The highest BCUT2D eigenvalue weighted by atomic mass is 16.5. The second-order valence-corrected chi connectivity index (χ2v) is 6.63. The van der Waals surface area contributed by atoms with E-state index in [1.54, 1.807) is 12.1 Å². The SMILES string of the molecule is CCc1ccccc1NC(=O)COC(=O)c1ccc(-n2c(C)ccc2C)cc1. The fourth-order valence-electron chi connectivity index (χ4n) is 3.17. The van der Waals surface area contributed by atoms with E-state index in [4.69, 9.17) is 4.74 Å². The molecule has 1 N–H and O–H groups in total. The molecule has 28 heavy (non-hydrogen) atoms. The summed E-state index contributed by atoms with van der Waals surface area (Å²) in [6.45, 7) is 5.76. The van der Waals surface area contributed by atoms with Gasteiger partial charge in [0.15, 0.2) is 6.61 Å². The summed E-state index contributed by atoms with van der Waals surface area (Å²) in [7, 11) is 0. The lowest BCUT2D eigenvalue weighted by Crippen LogP contribution is -2.21. The highest BCUT2D eigenvalue weighted by Gasteiger charge is 2.12. The highest BCUT2D eigenvalue weighted by molar-refractivity contribution is 5.96. The molecule has 1 heterocycles. The van der Waals surface area contributed by atoms with Crippen LogP contribution in [-0.2, 0) is 16.0 Å². The summed E-state index contributed by atoms with van der Waals surface area (Å²) in [4.78, 5) is 24.4. The molecule has 0 radical (unpaired) electrons. The van der Waals surface area contributed by atoms with Gasteiger partial charge in [0.1, 0.15) is 0 Å². The van der Waals surface area contributed by atoms with Crippen molar-refractivity contribution >= 4 is 17.6 Å². The molecule has 0 aliphatic rings. The van der Waals surface area contributed by atoms with Gasteiger partial charge in [0, 0.05) is 22.8 Å². The van der Waals surface area contributed by atoms with Gasteiger partial charge < -0.3 is 14.6 Å². The predicted octanol–water partition coefficient (Wildman–Crippen LogP) is 4.45. The van der Waals surface area contributed by atoms with Gasteiger partial charge in [0.25, 0.3) is 5.91 Å². The van der Waals surface area contributed by atoms with Gasteiger partial charge in [-0.05, 0) is 68.3 Å². The van der Waals surface area contributed by atoms with E-state index in [9.17, 15) is 9.59 Å². The van der Waals surface area contributed by atoms with Crippen LogP contribution in [0, 0.1) is 13.8 Å². The number of benzene rings is 2. The zero-order valence-electron chi connectivity index (χ0n) is 16.4. The zero-order chi connectivity index (χ0) is 20.1. The number of carbonyl (C=O) groups is 2. The van der Waals surface area contributed by atoms with Crippen LogP contribution < -0.4 is 5.32 Å². The fraction of sp³-hybridized carbons (Fsp3) is 0.217. The maximum atomic E-state index is 12.2. The summed E-state index contributed by atoms with van der Waals surface area (Å²) in [5.41, 5.74) is 5.41. The summed E-state index contributed by atoms with van der Waals surface area (Å²) in [5, 5.41) is 2.79. The molecular weight excluding hydrogens is 352 g/mol. The minimum Gasteiger partial charge on any atom is -0.452 e. The van der Waals surface area contributed by atoms with Gasteiger partial charge in [-0.1, -0.05) is 25.1 Å². The van der Waals surface area contributed by atoms with Crippen LogP contribution in [0.5, 0.6) is 0 Å². The van der Waals surface area contributed by atoms with Gasteiger partial charge in [-0.25, -0.2) is 4.79 Å². The van der Waals surface area contributed by atoms with Crippen molar-refractivity contribution in [3.8, 4) is 5.69 Å². The molecule has 0 fully saturated rings. The summed E-state index contributed by atoms with van der Waals surface area (Å²) in [6.07, 6.45) is 0.808. The van der Waals surface area contributed by atoms with Crippen LogP contribution in [0.4, 0.5) is 5.69 Å². The van der Waals surface area contributed by atoms with Crippen LogP contribution in [0.3, 0.4) is 0 Å². The number of hydrogen-bond acceptors (Lipinski definition) is 3. The molecule has 0 aliphatic heterocycles. The first-order valence-corrected chi connectivity index (χ1v) is 9.30. The number of para-hydroxylation sites is 1. The van der Waals surface area contributed by atoms with Gasteiger partial charge in [0.05, 0.1) is 5.56 Å². The number of rotatable bonds is 6. The van der Waals surface area contributed by atoms with E-state index < -0.39 is 5.97 Å². The van der Waals surface area contributed by atoms with E-state index in [2.05, 4.69) is 9.88 Å². The van der Waals surface area contributed by atoms with Crippen LogP contribution in [0.2, 0.25) is 0 Å². The number of esters is 1. The quantitative estimate of drug-likeness (QED) is 0.647. The van der Waals surface area contributed by atoms with Crippen molar-refractivity contribution in [3.63, 3.8) is 0 Å². The number of anilines is 1. The van der Waals surface area contributed by atoms with Crippen molar-refractivity contribution in [1.29, 1.82) is 0 Å². The van der Waals surface area contributed by atoms with Gasteiger partial charge in [-0.3, -0.25) is 4.79 Å². The third kappa shape index (κ3) is 4.31. The standard InChI is InChI=1S/C23H24N2O3/c1-4-18-7-5-6-8-21(18)24-22(26)15-28-23(27)19-11-13-20(14-12-19)25-16(2)9-10-17(25)3/h5-14H,4,15H2,1-3H3,(H,24,26). The van der Waals surface area contributed by atoms with Crippen molar-refractivity contribution in [2.75, 3.05) is 11.9 Å². The third-order valence-corrected chi connectivity index (χ3v) is 4.64. The predicted molar refractivity (Wildman–Crippen MR) is 110 cm³/mol. The number of nitrogens with zero attached hydrogens (tertiary/aromatic N) is 1. The third-order valence-electron chi connectivity index (χ3n) is 4.64. The number of ether oxygens (including phenoxy) is 1. The number of nitrogens with one attached hydrogen (secondary N) is 1. The average molecular weight is 376 g/mol. The molecule has 0 bridgehead atoms. The first kappa shape index (κ1) is 19.4. The molecule has 0 spiro atoms. The van der Waals surface area contributed by atoms with Crippen LogP contribution in [0.15, 0.2) is 60.7 Å². The Bertz CT molecular complexity index is 968. The Morgan fingerprint density at radius 3 is 2.21 bits per heavy atom. The fourth-order valence-corrected chi connectivity index (χ4v) is 3.17. The Labute approximate surface area is 165 Å². The lowest BCUT2D eigenvalue weighted by atomic mass is 10.1. The Morgan fingerprint density at radius 2 is 1.57 bits per heavy atom. The topological polar surface area (TPSA) is 60.3 Å². The van der Waals surface area contributed by atoms with Gasteiger partial charge in [-0.15, -0.1) is 0 Å². The molecule has 1 amide bonds. The van der Waals surface area contributed by atoms with Crippen molar-refractivity contribution < 1.29 is 14.3 Å². The summed E-state index contributed by atoms with van der Waals surface area (Å²) < 4.78 is 7.26. The van der Waals surface area contributed by atoms with Crippen molar-refractivity contribution in [2.45, 2.75) is 27.2 Å². The van der Waals surface area contributed by atoms with Crippen LogP contribution in [-0.4, -0.2) is 23.1 Å². The van der Waals surface area contributed by atoms with Crippen molar-refractivity contribution in [2.24, 2.45) is 0 Å². The molecule has 5 heteroatoms. The first-order chi connectivity index (χ1) is 13.5. The number of aromatic nitrogens is 1. The van der Waals surface area contributed by atoms with E-state index in [1.165, 1.54) is 0 Å². The molecule has 1 aromatic heterocycles. The smallest absolute Gasteiger partial charge is 0.338 e. The minimum atomic E-state index is -0.522. The van der Waals surface area contributed by atoms with E-state index in [1.807, 2.05) is 69.3 Å². The summed E-state index contributed by atoms with van der Waals surface area (Å²) >= 11 is 0. The van der Waals surface area contributed by atoms with E-state index >= 15 is 0 Å². The Hall–Kier alpha value is -3.34. The monoisotopic (exact) mass is 376 g/mol. The number of amides is 1. The molecular formula is C23H24N2O3. The molecule has 0 saturated heterocycles. The molecule has 0 aliphatic carbocycles. The largest absolute Gasteiger partial charge is 0.452 e. The van der Waals surface area contributed by atoms with Crippen LogP contribution in [0.25, 0.3) is 5.69 Å². The molecule has 0 unspecified atom stereocenters. The Morgan fingerprint density at radius 1 is 0.929 bits per heavy atom. The maximum absolute atomic E-state index is 12.2. The number of carbonyl (C=O) groups excluding carboxylic acids is 2. The Kier molecular flexibility index (Phi) is 5.94.